The number of aromatic nitrogens is 1. The van der Waals surface area contributed by atoms with Gasteiger partial charge in [-0.3, -0.25) is 4.99 Å². The highest BCUT2D eigenvalue weighted by molar-refractivity contribution is 14.0. The molecular weight excluding hydrogens is 395 g/mol. The lowest BCUT2D eigenvalue weighted by molar-refractivity contribution is 0.143. The largest absolute Gasteiger partial charge is 0.475 e. The van der Waals surface area contributed by atoms with Gasteiger partial charge in [0.15, 0.2) is 5.96 Å². The monoisotopic (exact) mass is 422 g/mol. The Morgan fingerprint density at radius 2 is 2.09 bits per heavy atom. The molecule has 0 saturated heterocycles. The van der Waals surface area contributed by atoms with Crippen molar-refractivity contribution in [1.82, 2.24) is 15.6 Å². The first-order chi connectivity index (χ1) is 10.2. The fourth-order valence-electron chi connectivity index (χ4n) is 1.61. The Morgan fingerprint density at radius 1 is 1.32 bits per heavy atom. The molecule has 0 atom stereocenters. The van der Waals surface area contributed by atoms with Gasteiger partial charge in [0.2, 0.25) is 5.88 Å². The van der Waals surface area contributed by atoms with E-state index in [1.54, 1.807) is 20.4 Å². The summed E-state index contributed by atoms with van der Waals surface area (Å²) in [5.74, 6) is 1.96. The molecule has 6 nitrogen and oxygen atoms in total. The first-order valence-corrected chi connectivity index (χ1v) is 7.17. The summed E-state index contributed by atoms with van der Waals surface area (Å²) in [6, 6.07) is 3.88. The minimum atomic E-state index is 0. The summed E-state index contributed by atoms with van der Waals surface area (Å²) < 4.78 is 10.6. The van der Waals surface area contributed by atoms with E-state index in [0.717, 1.165) is 18.1 Å². The molecule has 0 saturated carbocycles. The zero-order chi connectivity index (χ0) is 15.5. The van der Waals surface area contributed by atoms with Crippen molar-refractivity contribution in [2.75, 3.05) is 33.9 Å². The van der Waals surface area contributed by atoms with Crippen LogP contribution in [0.15, 0.2) is 23.3 Å². The van der Waals surface area contributed by atoms with E-state index in [1.165, 1.54) is 0 Å². The molecule has 0 amide bonds. The zero-order valence-corrected chi connectivity index (χ0v) is 16.1. The van der Waals surface area contributed by atoms with Crippen LogP contribution in [-0.4, -0.2) is 44.9 Å². The molecule has 2 N–H and O–H groups in total. The van der Waals surface area contributed by atoms with Crippen LogP contribution in [0.5, 0.6) is 5.88 Å². The third-order valence-corrected chi connectivity index (χ3v) is 2.72. The van der Waals surface area contributed by atoms with Crippen LogP contribution in [0.2, 0.25) is 0 Å². The minimum absolute atomic E-state index is 0. The lowest BCUT2D eigenvalue weighted by atomic mass is 10.2. The Morgan fingerprint density at radius 3 is 2.73 bits per heavy atom. The Kier molecular flexibility index (Phi) is 11.8. The average molecular weight is 422 g/mol. The maximum Gasteiger partial charge on any atom is 0.218 e. The summed E-state index contributed by atoms with van der Waals surface area (Å²) in [6.45, 7) is 6.83. The maximum absolute atomic E-state index is 5.61. The van der Waals surface area contributed by atoms with Crippen LogP contribution in [0, 0.1) is 5.92 Å². The van der Waals surface area contributed by atoms with E-state index < -0.39 is 0 Å². The number of aliphatic imine (C=N–C) groups is 1. The molecule has 0 spiro atoms. The van der Waals surface area contributed by atoms with Crippen molar-refractivity contribution in [2.24, 2.45) is 10.9 Å². The van der Waals surface area contributed by atoms with Gasteiger partial charge in [0.05, 0.1) is 6.61 Å². The van der Waals surface area contributed by atoms with Crippen LogP contribution < -0.4 is 15.4 Å². The second-order valence-electron chi connectivity index (χ2n) is 5.01. The van der Waals surface area contributed by atoms with Crippen molar-refractivity contribution in [3.63, 3.8) is 0 Å². The number of hydrogen-bond acceptors (Lipinski definition) is 4. The number of rotatable bonds is 8. The summed E-state index contributed by atoms with van der Waals surface area (Å²) in [5.41, 5.74) is 0.987. The van der Waals surface area contributed by atoms with Gasteiger partial charge in [-0.25, -0.2) is 4.98 Å². The molecule has 7 heteroatoms. The Bertz CT molecular complexity index is 441. The summed E-state index contributed by atoms with van der Waals surface area (Å²) in [5, 5.41) is 6.53. The molecule has 0 aliphatic carbocycles. The molecule has 1 heterocycles. The number of pyridine rings is 1. The molecule has 126 valence electrons. The van der Waals surface area contributed by atoms with Crippen molar-refractivity contribution < 1.29 is 9.47 Å². The van der Waals surface area contributed by atoms with E-state index in [9.17, 15) is 0 Å². The quantitative estimate of drug-likeness (QED) is 0.291. The van der Waals surface area contributed by atoms with Crippen molar-refractivity contribution in [1.29, 1.82) is 0 Å². The third-order valence-electron chi connectivity index (χ3n) is 2.72. The second-order valence-corrected chi connectivity index (χ2v) is 5.01. The van der Waals surface area contributed by atoms with E-state index in [2.05, 4.69) is 34.5 Å². The predicted molar refractivity (Wildman–Crippen MR) is 100 cm³/mol. The van der Waals surface area contributed by atoms with Crippen molar-refractivity contribution in [3.05, 3.63) is 23.9 Å². The molecule has 0 fully saturated rings. The molecule has 0 unspecified atom stereocenters. The fraction of sp³-hybridized carbons (Fsp3) is 0.600. The number of hydrogen-bond donors (Lipinski definition) is 2. The number of methoxy groups -OCH3 is 1. The van der Waals surface area contributed by atoms with E-state index in [4.69, 9.17) is 9.47 Å². The van der Waals surface area contributed by atoms with Gasteiger partial charge in [0.1, 0.15) is 6.61 Å². The van der Waals surface area contributed by atoms with Gasteiger partial charge in [-0.2, -0.15) is 0 Å². The molecule has 1 aromatic rings. The van der Waals surface area contributed by atoms with Crippen molar-refractivity contribution in [3.8, 4) is 5.88 Å². The van der Waals surface area contributed by atoms with E-state index >= 15 is 0 Å². The summed E-state index contributed by atoms with van der Waals surface area (Å²) in [4.78, 5) is 8.44. The predicted octanol–water partition coefficient (Wildman–Crippen LogP) is 2.05. The van der Waals surface area contributed by atoms with Crippen molar-refractivity contribution >= 4 is 29.9 Å². The number of ether oxygens (including phenoxy) is 2. The molecule has 0 aliphatic heterocycles. The standard InChI is InChI=1S/C15H26N4O2.HI/c1-12(2)10-18-15(16-3)19-11-13-6-5-7-17-14(13)21-9-8-20-4;/h5-7,12H,8-11H2,1-4H3,(H2,16,18,19);1H. The SMILES string of the molecule is CN=C(NCc1cccnc1OCCOC)NCC(C)C.I. The molecule has 0 aromatic carbocycles. The van der Waals surface area contributed by atoms with Crippen LogP contribution in [0.1, 0.15) is 19.4 Å². The van der Waals surface area contributed by atoms with Gasteiger partial charge in [0.25, 0.3) is 0 Å². The highest BCUT2D eigenvalue weighted by Crippen LogP contribution is 2.13. The number of nitrogens with one attached hydrogen (secondary N) is 2. The Hall–Kier alpha value is -1.09. The summed E-state index contributed by atoms with van der Waals surface area (Å²) >= 11 is 0. The molecule has 22 heavy (non-hydrogen) atoms. The summed E-state index contributed by atoms with van der Waals surface area (Å²) in [7, 11) is 3.41. The van der Waals surface area contributed by atoms with Gasteiger partial charge in [-0.05, 0) is 12.0 Å². The minimum Gasteiger partial charge on any atom is -0.475 e. The fourth-order valence-corrected chi connectivity index (χ4v) is 1.61. The maximum atomic E-state index is 5.61. The Balaban J connectivity index is 0.00000441. The van der Waals surface area contributed by atoms with Crippen LogP contribution >= 0.6 is 24.0 Å². The number of nitrogens with zero attached hydrogens (tertiary/aromatic N) is 2. The first kappa shape index (κ1) is 20.9. The summed E-state index contributed by atoms with van der Waals surface area (Å²) in [6.07, 6.45) is 1.72. The number of halogens is 1. The smallest absolute Gasteiger partial charge is 0.218 e. The highest BCUT2D eigenvalue weighted by atomic mass is 127. The van der Waals surface area contributed by atoms with Gasteiger partial charge in [0, 0.05) is 39.0 Å². The van der Waals surface area contributed by atoms with Gasteiger partial charge >= 0.3 is 0 Å². The first-order valence-electron chi connectivity index (χ1n) is 7.17. The van der Waals surface area contributed by atoms with Crippen LogP contribution in [0.3, 0.4) is 0 Å². The highest BCUT2D eigenvalue weighted by Gasteiger charge is 2.06. The molecule has 0 radical (unpaired) electrons. The van der Waals surface area contributed by atoms with Crippen molar-refractivity contribution in [2.45, 2.75) is 20.4 Å². The topological polar surface area (TPSA) is 67.8 Å². The van der Waals surface area contributed by atoms with Gasteiger partial charge in [-0.1, -0.05) is 19.9 Å². The van der Waals surface area contributed by atoms with Crippen LogP contribution in [0.25, 0.3) is 0 Å². The van der Waals surface area contributed by atoms with Crippen LogP contribution in [0.4, 0.5) is 0 Å². The zero-order valence-electron chi connectivity index (χ0n) is 13.8. The van der Waals surface area contributed by atoms with Gasteiger partial charge in [-0.15, -0.1) is 24.0 Å². The average Bonchev–Trinajstić information content (AvgIpc) is 2.48. The van der Waals surface area contributed by atoms with E-state index in [1.807, 2.05) is 12.1 Å². The lowest BCUT2D eigenvalue weighted by Crippen LogP contribution is -2.38. The molecule has 1 rings (SSSR count). The normalized spacial score (nSPS) is 11.0. The lowest BCUT2D eigenvalue weighted by Gasteiger charge is -2.15. The molecule has 0 aliphatic rings. The second kappa shape index (κ2) is 12.5. The van der Waals surface area contributed by atoms with E-state index in [-0.39, 0.29) is 24.0 Å². The third kappa shape index (κ3) is 8.38. The molecule has 1 aromatic heterocycles. The van der Waals surface area contributed by atoms with E-state index in [0.29, 0.717) is 31.6 Å². The Labute approximate surface area is 150 Å². The van der Waals surface area contributed by atoms with Crippen LogP contribution in [-0.2, 0) is 11.3 Å². The molecular formula is C15H27IN4O2. The molecule has 0 bridgehead atoms. The number of guanidine groups is 1. The van der Waals surface area contributed by atoms with Gasteiger partial charge < -0.3 is 20.1 Å².